The van der Waals surface area contributed by atoms with E-state index in [0.717, 1.165) is 18.9 Å². The Morgan fingerprint density at radius 1 is 1.41 bits per heavy atom. The Bertz CT molecular complexity index is 409. The van der Waals surface area contributed by atoms with Gasteiger partial charge in [-0.3, -0.25) is 0 Å². The maximum atomic E-state index is 6.22. The van der Waals surface area contributed by atoms with Crippen LogP contribution in [-0.2, 0) is 0 Å². The summed E-state index contributed by atoms with van der Waals surface area (Å²) in [5.41, 5.74) is 0. The van der Waals surface area contributed by atoms with Crippen molar-refractivity contribution in [1.29, 1.82) is 0 Å². The van der Waals surface area contributed by atoms with E-state index in [1.807, 2.05) is 7.05 Å². The normalized spacial score (nSPS) is 20.5. The zero-order valence-electron chi connectivity index (χ0n) is 10.1. The first-order valence-electron chi connectivity index (χ1n) is 5.90. The second-order valence-electron chi connectivity index (χ2n) is 4.57. The number of rotatable bonds is 2. The molecule has 0 aliphatic carbocycles. The molecule has 17 heavy (non-hydrogen) atoms. The smallest absolute Gasteiger partial charge is 0.149 e. The fraction of sp³-hybridized carbons (Fsp3) is 0.583. The molecular weight excluding hydrogens is 257 g/mol. The lowest BCUT2D eigenvalue weighted by atomic mass is 10.0. The van der Waals surface area contributed by atoms with Crippen LogP contribution in [0.1, 0.15) is 19.8 Å². The number of pyridine rings is 1. The third kappa shape index (κ3) is 2.78. The zero-order valence-corrected chi connectivity index (χ0v) is 11.6. The molecule has 0 aromatic carbocycles. The van der Waals surface area contributed by atoms with Gasteiger partial charge in [0.15, 0.2) is 0 Å². The van der Waals surface area contributed by atoms with Crippen LogP contribution >= 0.6 is 23.2 Å². The summed E-state index contributed by atoms with van der Waals surface area (Å²) < 4.78 is 0. The molecule has 0 amide bonds. The molecule has 94 valence electrons. The lowest BCUT2D eigenvalue weighted by Crippen LogP contribution is -2.35. The fourth-order valence-corrected chi connectivity index (χ4v) is 2.81. The second kappa shape index (κ2) is 5.32. The third-order valence-corrected chi connectivity index (χ3v) is 3.67. The minimum Gasteiger partial charge on any atom is -0.372 e. The first-order valence-corrected chi connectivity index (χ1v) is 6.66. The standard InChI is InChI=1S/C12H17Cl2N3/c1-8-4-3-5-17(7-8)12-10(14)6-9(13)11(15-2)16-12/h6,8H,3-5,7H2,1-2H3,(H,15,16). The number of aromatic nitrogens is 1. The number of piperidine rings is 1. The van der Waals surface area contributed by atoms with Crippen LogP contribution < -0.4 is 10.2 Å². The molecule has 3 nitrogen and oxygen atoms in total. The van der Waals surface area contributed by atoms with Crippen molar-refractivity contribution < 1.29 is 0 Å². The molecule has 1 aliphatic heterocycles. The summed E-state index contributed by atoms with van der Waals surface area (Å²) in [6, 6.07) is 1.76. The highest BCUT2D eigenvalue weighted by atomic mass is 35.5. The Kier molecular flexibility index (Phi) is 4.00. The molecule has 1 fully saturated rings. The van der Waals surface area contributed by atoms with Crippen molar-refractivity contribution in [2.75, 3.05) is 30.4 Å². The summed E-state index contributed by atoms with van der Waals surface area (Å²) in [5.74, 6) is 2.21. The summed E-state index contributed by atoms with van der Waals surface area (Å²) >= 11 is 12.3. The van der Waals surface area contributed by atoms with E-state index in [1.165, 1.54) is 12.8 Å². The minimum absolute atomic E-state index is 0.561. The molecule has 0 bridgehead atoms. The van der Waals surface area contributed by atoms with E-state index in [0.29, 0.717) is 21.8 Å². The first kappa shape index (κ1) is 12.8. The Labute approximate surface area is 112 Å². The van der Waals surface area contributed by atoms with Gasteiger partial charge in [0.2, 0.25) is 0 Å². The van der Waals surface area contributed by atoms with E-state index in [2.05, 4.69) is 22.1 Å². The molecule has 2 rings (SSSR count). The van der Waals surface area contributed by atoms with Gasteiger partial charge in [-0.15, -0.1) is 0 Å². The van der Waals surface area contributed by atoms with Gasteiger partial charge in [-0.05, 0) is 24.8 Å². The molecule has 2 heterocycles. The molecular formula is C12H17Cl2N3. The summed E-state index contributed by atoms with van der Waals surface area (Å²) in [4.78, 5) is 6.74. The third-order valence-electron chi connectivity index (χ3n) is 3.10. The van der Waals surface area contributed by atoms with Crippen molar-refractivity contribution in [2.45, 2.75) is 19.8 Å². The van der Waals surface area contributed by atoms with E-state index in [4.69, 9.17) is 23.2 Å². The number of anilines is 2. The number of hydrogen-bond acceptors (Lipinski definition) is 3. The maximum absolute atomic E-state index is 6.22. The maximum Gasteiger partial charge on any atom is 0.149 e. The quantitative estimate of drug-likeness (QED) is 0.891. The van der Waals surface area contributed by atoms with Gasteiger partial charge < -0.3 is 10.2 Å². The van der Waals surface area contributed by atoms with Crippen LogP contribution in [-0.4, -0.2) is 25.1 Å². The van der Waals surface area contributed by atoms with E-state index in [-0.39, 0.29) is 0 Å². The largest absolute Gasteiger partial charge is 0.372 e. The van der Waals surface area contributed by atoms with Gasteiger partial charge in [0.25, 0.3) is 0 Å². The topological polar surface area (TPSA) is 28.2 Å². The minimum atomic E-state index is 0.561. The van der Waals surface area contributed by atoms with Crippen LogP contribution in [0.2, 0.25) is 10.0 Å². The van der Waals surface area contributed by atoms with Crippen molar-refractivity contribution in [3.8, 4) is 0 Å². The highest BCUT2D eigenvalue weighted by Gasteiger charge is 2.20. The molecule has 0 spiro atoms. The van der Waals surface area contributed by atoms with Gasteiger partial charge in [0.1, 0.15) is 11.6 Å². The molecule has 1 aromatic heterocycles. The van der Waals surface area contributed by atoms with Crippen molar-refractivity contribution >= 4 is 34.8 Å². The molecule has 1 aliphatic rings. The van der Waals surface area contributed by atoms with Crippen LogP contribution in [0.5, 0.6) is 0 Å². The van der Waals surface area contributed by atoms with Gasteiger partial charge in [0.05, 0.1) is 10.0 Å². The zero-order chi connectivity index (χ0) is 12.4. The molecule has 0 saturated carbocycles. The lowest BCUT2D eigenvalue weighted by Gasteiger charge is -2.32. The number of halogens is 2. The second-order valence-corrected chi connectivity index (χ2v) is 5.38. The molecule has 1 unspecified atom stereocenters. The predicted molar refractivity (Wildman–Crippen MR) is 74.4 cm³/mol. The Hall–Kier alpha value is -0.670. The lowest BCUT2D eigenvalue weighted by molar-refractivity contribution is 0.445. The Morgan fingerprint density at radius 2 is 2.18 bits per heavy atom. The van der Waals surface area contributed by atoms with Gasteiger partial charge in [-0.25, -0.2) is 4.98 Å². The van der Waals surface area contributed by atoms with Crippen LogP contribution in [0.3, 0.4) is 0 Å². The van der Waals surface area contributed by atoms with Crippen LogP contribution in [0.25, 0.3) is 0 Å². The van der Waals surface area contributed by atoms with Crippen molar-refractivity contribution in [2.24, 2.45) is 5.92 Å². The number of nitrogens with one attached hydrogen (secondary N) is 1. The van der Waals surface area contributed by atoms with Gasteiger partial charge in [-0.2, -0.15) is 0 Å². The predicted octanol–water partition coefficient (Wildman–Crippen LogP) is 3.67. The molecule has 1 saturated heterocycles. The van der Waals surface area contributed by atoms with E-state index in [1.54, 1.807) is 6.07 Å². The van der Waals surface area contributed by atoms with Gasteiger partial charge in [0, 0.05) is 20.1 Å². The van der Waals surface area contributed by atoms with Crippen molar-refractivity contribution in [3.05, 3.63) is 16.1 Å². The average Bonchev–Trinajstić information content (AvgIpc) is 2.29. The van der Waals surface area contributed by atoms with E-state index in [9.17, 15) is 0 Å². The highest BCUT2D eigenvalue weighted by molar-refractivity contribution is 6.37. The van der Waals surface area contributed by atoms with Gasteiger partial charge in [-0.1, -0.05) is 30.1 Å². The Balaban J connectivity index is 2.30. The van der Waals surface area contributed by atoms with E-state index >= 15 is 0 Å². The number of nitrogens with zero attached hydrogens (tertiary/aromatic N) is 2. The van der Waals surface area contributed by atoms with Crippen LogP contribution in [0.4, 0.5) is 11.6 Å². The summed E-state index contributed by atoms with van der Waals surface area (Å²) in [5, 5.41) is 4.17. The molecule has 5 heteroatoms. The fourth-order valence-electron chi connectivity index (χ4n) is 2.24. The molecule has 1 atom stereocenters. The van der Waals surface area contributed by atoms with Crippen molar-refractivity contribution in [1.82, 2.24) is 4.98 Å². The highest BCUT2D eigenvalue weighted by Crippen LogP contribution is 2.33. The van der Waals surface area contributed by atoms with Crippen molar-refractivity contribution in [3.63, 3.8) is 0 Å². The monoisotopic (exact) mass is 273 g/mol. The molecule has 1 aromatic rings. The van der Waals surface area contributed by atoms with E-state index < -0.39 is 0 Å². The number of hydrogen-bond donors (Lipinski definition) is 1. The summed E-state index contributed by atoms with van der Waals surface area (Å²) in [6.45, 7) is 4.29. The van der Waals surface area contributed by atoms with Gasteiger partial charge >= 0.3 is 0 Å². The Morgan fingerprint density at radius 3 is 2.82 bits per heavy atom. The first-order chi connectivity index (χ1) is 8.11. The van der Waals surface area contributed by atoms with Crippen LogP contribution in [0.15, 0.2) is 6.07 Å². The average molecular weight is 274 g/mol. The summed E-state index contributed by atoms with van der Waals surface area (Å²) in [6.07, 6.45) is 2.47. The van der Waals surface area contributed by atoms with Crippen LogP contribution in [0, 0.1) is 5.92 Å². The SMILES string of the molecule is CNc1nc(N2CCCC(C)C2)c(Cl)cc1Cl. The molecule has 0 radical (unpaired) electrons. The molecule has 1 N–H and O–H groups in total. The summed E-state index contributed by atoms with van der Waals surface area (Å²) in [7, 11) is 1.81.